The summed E-state index contributed by atoms with van der Waals surface area (Å²) in [6, 6.07) is 6.60. The lowest BCUT2D eigenvalue weighted by atomic mass is 10.1. The lowest BCUT2D eigenvalue weighted by Gasteiger charge is -2.29. The van der Waals surface area contributed by atoms with Crippen LogP contribution in [0.3, 0.4) is 0 Å². The number of ether oxygens (including phenoxy) is 1. The van der Waals surface area contributed by atoms with Crippen molar-refractivity contribution in [1.82, 2.24) is 4.90 Å². The third kappa shape index (κ3) is 5.95. The van der Waals surface area contributed by atoms with E-state index < -0.39 is 22.4 Å². The monoisotopic (exact) mass is 396 g/mol. The summed E-state index contributed by atoms with van der Waals surface area (Å²) >= 11 is 0. The Morgan fingerprint density at radius 1 is 1.26 bits per heavy atom. The maximum absolute atomic E-state index is 12.6. The Balaban J connectivity index is 2.02. The molecule has 1 aliphatic heterocycles. The van der Waals surface area contributed by atoms with Gasteiger partial charge in [-0.1, -0.05) is 19.9 Å². The molecular weight excluding hydrogens is 368 g/mol. The van der Waals surface area contributed by atoms with Crippen LogP contribution in [0.25, 0.3) is 0 Å². The van der Waals surface area contributed by atoms with Crippen LogP contribution in [-0.4, -0.2) is 70.0 Å². The predicted octanol–water partition coefficient (Wildman–Crippen LogP) is 1.58. The Labute approximate surface area is 161 Å². The van der Waals surface area contributed by atoms with Crippen LogP contribution >= 0.6 is 0 Å². The molecule has 1 amide bonds. The Kier molecular flexibility index (Phi) is 6.86. The third-order valence-electron chi connectivity index (χ3n) is 4.46. The maximum Gasteiger partial charge on any atom is 0.338 e. The molecule has 27 heavy (non-hydrogen) atoms. The van der Waals surface area contributed by atoms with Gasteiger partial charge in [-0.15, -0.1) is 0 Å². The van der Waals surface area contributed by atoms with Crippen LogP contribution in [0, 0.1) is 5.92 Å². The molecule has 1 saturated heterocycles. The zero-order chi connectivity index (χ0) is 20.2. The molecule has 0 bridgehead atoms. The lowest BCUT2D eigenvalue weighted by molar-refractivity contribution is -0.137. The second kappa shape index (κ2) is 8.73. The molecule has 0 spiro atoms. The zero-order valence-corrected chi connectivity index (χ0v) is 17.2. The van der Waals surface area contributed by atoms with Crippen molar-refractivity contribution < 1.29 is 22.7 Å². The van der Waals surface area contributed by atoms with Crippen LogP contribution in [0.2, 0.25) is 0 Å². The maximum atomic E-state index is 12.6. The molecule has 8 heteroatoms. The van der Waals surface area contributed by atoms with Crippen molar-refractivity contribution in [3.63, 3.8) is 0 Å². The molecule has 1 unspecified atom stereocenters. The predicted molar refractivity (Wildman–Crippen MR) is 105 cm³/mol. The summed E-state index contributed by atoms with van der Waals surface area (Å²) in [6.45, 7) is 3.96. The van der Waals surface area contributed by atoms with Gasteiger partial charge in [0.2, 0.25) is 0 Å². The molecule has 1 aromatic carbocycles. The van der Waals surface area contributed by atoms with E-state index in [9.17, 15) is 18.0 Å². The quantitative estimate of drug-likeness (QED) is 0.651. The fourth-order valence-electron chi connectivity index (χ4n) is 3.07. The van der Waals surface area contributed by atoms with Gasteiger partial charge in [-0.3, -0.25) is 4.79 Å². The van der Waals surface area contributed by atoms with Crippen molar-refractivity contribution in [3.05, 3.63) is 29.8 Å². The standard InChI is InChI=1S/C19H28N2O5S/c1-14(2)11-21(17-8-9-27(24,25)13-17)18(22)12-26-19(23)15-6-5-7-16(10-15)20(3)4/h5-7,10,14,17H,8-9,11-13H2,1-4H3. The number of rotatable bonds is 7. The van der Waals surface area contributed by atoms with Gasteiger partial charge in [0.15, 0.2) is 16.4 Å². The largest absolute Gasteiger partial charge is 0.452 e. The summed E-state index contributed by atoms with van der Waals surface area (Å²) in [4.78, 5) is 28.3. The molecule has 2 rings (SSSR count). The van der Waals surface area contributed by atoms with Crippen molar-refractivity contribution in [3.8, 4) is 0 Å². The van der Waals surface area contributed by atoms with E-state index in [4.69, 9.17) is 4.74 Å². The molecule has 7 nitrogen and oxygen atoms in total. The van der Waals surface area contributed by atoms with E-state index >= 15 is 0 Å². The van der Waals surface area contributed by atoms with Crippen LogP contribution in [0.1, 0.15) is 30.6 Å². The van der Waals surface area contributed by atoms with E-state index in [1.54, 1.807) is 23.1 Å². The topological polar surface area (TPSA) is 84.0 Å². The number of anilines is 1. The van der Waals surface area contributed by atoms with E-state index in [-0.39, 0.29) is 29.4 Å². The van der Waals surface area contributed by atoms with Crippen molar-refractivity contribution in [1.29, 1.82) is 0 Å². The fraction of sp³-hybridized carbons (Fsp3) is 0.579. The number of benzene rings is 1. The first-order chi connectivity index (χ1) is 12.6. The second-order valence-corrected chi connectivity index (χ2v) is 9.75. The van der Waals surface area contributed by atoms with Crippen LogP contribution < -0.4 is 4.90 Å². The highest BCUT2D eigenvalue weighted by Gasteiger charge is 2.35. The number of amides is 1. The van der Waals surface area contributed by atoms with Crippen molar-refractivity contribution in [2.45, 2.75) is 26.3 Å². The number of sulfone groups is 1. The number of hydrogen-bond donors (Lipinski definition) is 0. The zero-order valence-electron chi connectivity index (χ0n) is 16.3. The van der Waals surface area contributed by atoms with Crippen molar-refractivity contribution >= 4 is 27.4 Å². The van der Waals surface area contributed by atoms with Gasteiger partial charge in [-0.25, -0.2) is 13.2 Å². The highest BCUT2D eigenvalue weighted by molar-refractivity contribution is 7.91. The third-order valence-corrected chi connectivity index (χ3v) is 6.21. The summed E-state index contributed by atoms with van der Waals surface area (Å²) < 4.78 is 28.7. The first-order valence-corrected chi connectivity index (χ1v) is 10.9. The number of hydrogen-bond acceptors (Lipinski definition) is 6. The fourth-order valence-corrected chi connectivity index (χ4v) is 4.80. The van der Waals surface area contributed by atoms with Gasteiger partial charge in [-0.05, 0) is 30.5 Å². The molecule has 150 valence electrons. The minimum Gasteiger partial charge on any atom is -0.452 e. The molecule has 0 N–H and O–H groups in total. The van der Waals surface area contributed by atoms with Gasteiger partial charge in [0, 0.05) is 32.4 Å². The summed E-state index contributed by atoms with van der Waals surface area (Å²) in [6.07, 6.45) is 0.430. The van der Waals surface area contributed by atoms with Gasteiger partial charge < -0.3 is 14.5 Å². The average molecular weight is 397 g/mol. The number of esters is 1. The normalized spacial score (nSPS) is 18.3. The van der Waals surface area contributed by atoms with Gasteiger partial charge in [0.05, 0.1) is 17.1 Å². The number of carbonyl (C=O) groups excluding carboxylic acids is 2. The van der Waals surface area contributed by atoms with Gasteiger partial charge >= 0.3 is 5.97 Å². The summed E-state index contributed by atoms with van der Waals surface area (Å²) in [5.41, 5.74) is 1.22. The van der Waals surface area contributed by atoms with Crippen LogP contribution in [0.4, 0.5) is 5.69 Å². The number of nitrogens with zero attached hydrogens (tertiary/aromatic N) is 2. The Bertz CT molecular complexity index is 789. The van der Waals surface area contributed by atoms with E-state index in [2.05, 4.69) is 0 Å². The van der Waals surface area contributed by atoms with E-state index in [0.29, 0.717) is 18.5 Å². The molecule has 0 saturated carbocycles. The van der Waals surface area contributed by atoms with Gasteiger partial charge in [0.25, 0.3) is 5.91 Å². The summed E-state index contributed by atoms with van der Waals surface area (Å²) in [5, 5.41) is 0. The summed E-state index contributed by atoms with van der Waals surface area (Å²) in [5.74, 6) is -0.677. The Morgan fingerprint density at radius 3 is 2.52 bits per heavy atom. The molecule has 1 fully saturated rings. The molecule has 1 heterocycles. The highest BCUT2D eigenvalue weighted by atomic mass is 32.2. The smallest absolute Gasteiger partial charge is 0.338 e. The van der Waals surface area contributed by atoms with Gasteiger partial charge in [-0.2, -0.15) is 0 Å². The molecule has 1 aromatic rings. The molecule has 1 aliphatic rings. The van der Waals surface area contributed by atoms with Crippen LogP contribution in [-0.2, 0) is 19.4 Å². The highest BCUT2D eigenvalue weighted by Crippen LogP contribution is 2.20. The minimum absolute atomic E-state index is 0.0235. The first-order valence-electron chi connectivity index (χ1n) is 9.03. The Hall–Kier alpha value is -2.09. The summed E-state index contributed by atoms with van der Waals surface area (Å²) in [7, 11) is 0.634. The van der Waals surface area contributed by atoms with Crippen LogP contribution in [0.5, 0.6) is 0 Å². The lowest BCUT2D eigenvalue weighted by Crippen LogP contribution is -2.45. The van der Waals surface area contributed by atoms with E-state index in [1.807, 2.05) is 38.9 Å². The van der Waals surface area contributed by atoms with Crippen LogP contribution in [0.15, 0.2) is 24.3 Å². The molecule has 0 aromatic heterocycles. The van der Waals surface area contributed by atoms with E-state index in [0.717, 1.165) is 5.69 Å². The molecular formula is C19H28N2O5S. The van der Waals surface area contributed by atoms with Gasteiger partial charge in [0.1, 0.15) is 0 Å². The SMILES string of the molecule is CC(C)CN(C(=O)COC(=O)c1cccc(N(C)C)c1)C1CCS(=O)(=O)C1. The Morgan fingerprint density at radius 2 is 1.96 bits per heavy atom. The first kappa shape index (κ1) is 21.2. The minimum atomic E-state index is -3.10. The molecule has 1 atom stereocenters. The molecule has 0 aliphatic carbocycles. The van der Waals surface area contributed by atoms with Crippen molar-refractivity contribution in [2.24, 2.45) is 5.92 Å². The second-order valence-electron chi connectivity index (χ2n) is 7.52. The van der Waals surface area contributed by atoms with Crippen molar-refractivity contribution in [2.75, 3.05) is 43.7 Å². The number of carbonyl (C=O) groups is 2. The molecule has 0 radical (unpaired) electrons. The average Bonchev–Trinajstić information content (AvgIpc) is 2.96. The van der Waals surface area contributed by atoms with E-state index in [1.165, 1.54) is 0 Å².